The second kappa shape index (κ2) is 6.69. The zero-order chi connectivity index (χ0) is 18.4. The summed E-state index contributed by atoms with van der Waals surface area (Å²) in [6.45, 7) is 0. The summed E-state index contributed by atoms with van der Waals surface area (Å²) in [7, 11) is 0. The minimum Gasteiger partial charge on any atom is -0.423 e. The number of hydrogen-bond acceptors (Lipinski definition) is 7. The van der Waals surface area contributed by atoms with Crippen LogP contribution < -0.4 is 10.4 Å². The lowest BCUT2D eigenvalue weighted by Crippen LogP contribution is -1.93. The number of benzene rings is 1. The van der Waals surface area contributed by atoms with Crippen molar-refractivity contribution in [2.45, 2.75) is 0 Å². The Bertz CT molecular complexity index is 1530. The average Bonchev–Trinajstić information content (AvgIpc) is 3.35. The van der Waals surface area contributed by atoms with Gasteiger partial charge in [-0.25, -0.2) is 4.79 Å². The van der Waals surface area contributed by atoms with Gasteiger partial charge in [0.1, 0.15) is 5.58 Å². The second-order valence-electron chi connectivity index (χ2n) is 5.77. The van der Waals surface area contributed by atoms with Crippen molar-refractivity contribution >= 4 is 85.2 Å². The number of rotatable bonds is 0. The Kier molecular flexibility index (Phi) is 4.17. The summed E-state index contributed by atoms with van der Waals surface area (Å²) in [4.78, 5) is 22.1. The van der Waals surface area contributed by atoms with Gasteiger partial charge in [0.25, 0.3) is 0 Å². The van der Waals surface area contributed by atoms with Gasteiger partial charge in [0.15, 0.2) is 0 Å². The Hall–Kier alpha value is -2.32. The molecule has 0 radical (unpaired) electrons. The fourth-order valence-electron chi connectivity index (χ4n) is 2.84. The summed E-state index contributed by atoms with van der Waals surface area (Å²) < 4.78 is 10.2. The molecule has 0 bridgehead atoms. The topological polar surface area (TPSA) is 47.3 Å². The quantitative estimate of drug-likeness (QED) is 0.259. The van der Waals surface area contributed by atoms with Crippen LogP contribution in [0.15, 0.2) is 73.3 Å². The van der Waals surface area contributed by atoms with Gasteiger partial charge in [-0.1, -0.05) is 11.3 Å². The largest absolute Gasteiger partial charge is 0.423 e. The third-order valence-electron chi connectivity index (χ3n) is 4.07. The van der Waals surface area contributed by atoms with Gasteiger partial charge < -0.3 is 4.42 Å². The van der Waals surface area contributed by atoms with Crippen molar-refractivity contribution in [3.63, 3.8) is 0 Å². The molecule has 0 spiro atoms. The highest BCUT2D eigenvalue weighted by Crippen LogP contribution is 2.37. The van der Waals surface area contributed by atoms with E-state index in [-0.39, 0.29) is 10.4 Å². The lowest BCUT2D eigenvalue weighted by molar-refractivity contribution is 0.561. The van der Waals surface area contributed by atoms with Crippen molar-refractivity contribution in [3.8, 4) is 0 Å². The first-order chi connectivity index (χ1) is 13.2. The molecule has 1 aromatic carbocycles. The smallest absolute Gasteiger partial charge is 0.336 e. The molecule has 132 valence electrons. The monoisotopic (exact) mass is 426 g/mol. The fraction of sp³-hybridized carbons (Fsp3) is 0. The molecule has 0 unspecified atom stereocenters. The van der Waals surface area contributed by atoms with Crippen molar-refractivity contribution in [2.75, 3.05) is 0 Å². The first-order valence-corrected chi connectivity index (χ1v) is 11.4. The van der Waals surface area contributed by atoms with Gasteiger partial charge in [0.05, 0.1) is 8.71 Å². The van der Waals surface area contributed by atoms with Crippen LogP contribution in [0, 0.1) is 0 Å². The van der Waals surface area contributed by atoms with Crippen molar-refractivity contribution in [1.82, 2.24) is 0 Å². The first kappa shape index (κ1) is 16.8. The minimum absolute atomic E-state index is 0.140. The summed E-state index contributed by atoms with van der Waals surface area (Å²) in [6.07, 6.45) is 0. The van der Waals surface area contributed by atoms with Crippen LogP contribution in [0.1, 0.15) is 0 Å². The molecule has 6 rings (SSSR count). The normalized spacial score (nSPS) is 11.3. The van der Waals surface area contributed by atoms with Crippen LogP contribution in [0.25, 0.3) is 39.9 Å². The van der Waals surface area contributed by atoms with E-state index in [2.05, 4.69) is 11.4 Å². The van der Waals surface area contributed by atoms with Crippen molar-refractivity contribution in [3.05, 3.63) is 79.2 Å². The summed E-state index contributed by atoms with van der Waals surface area (Å²) in [6, 6.07) is 14.9. The number of fused-ring (bicyclic) bond motifs is 5. The minimum atomic E-state index is -0.299. The Morgan fingerprint density at radius 3 is 2.56 bits per heavy atom. The molecule has 3 nitrogen and oxygen atoms in total. The van der Waals surface area contributed by atoms with Crippen LogP contribution in [-0.4, -0.2) is 0 Å². The molecular weight excluding hydrogens is 416 g/mol. The maximum absolute atomic E-state index is 11.1. The SMILES string of the molecule is O=c1ccc2c(s1)sc1ccsc12.O=c1ccc2cc3sccc3cc2o1. The van der Waals surface area contributed by atoms with E-state index in [0.29, 0.717) is 5.58 Å². The third-order valence-corrected chi connectivity index (χ3v) is 8.23. The van der Waals surface area contributed by atoms with Gasteiger partial charge in [-0.2, -0.15) is 0 Å². The molecule has 0 saturated heterocycles. The highest BCUT2D eigenvalue weighted by Gasteiger charge is 2.06. The molecule has 0 aliphatic heterocycles. The van der Waals surface area contributed by atoms with Gasteiger partial charge >= 0.3 is 5.63 Å². The molecule has 0 atom stereocenters. The van der Waals surface area contributed by atoms with E-state index in [1.165, 1.54) is 36.9 Å². The van der Waals surface area contributed by atoms with E-state index in [4.69, 9.17) is 4.42 Å². The molecule has 0 N–H and O–H groups in total. The highest BCUT2D eigenvalue weighted by molar-refractivity contribution is 7.42. The Balaban J connectivity index is 0.000000119. The molecule has 0 saturated carbocycles. The van der Waals surface area contributed by atoms with Gasteiger partial charge in [-0.3, -0.25) is 4.79 Å². The van der Waals surface area contributed by atoms with Gasteiger partial charge in [0, 0.05) is 26.2 Å². The maximum Gasteiger partial charge on any atom is 0.336 e. The maximum atomic E-state index is 11.1. The fourth-order valence-corrected chi connectivity index (χ4v) is 7.07. The van der Waals surface area contributed by atoms with E-state index in [1.54, 1.807) is 46.1 Å². The van der Waals surface area contributed by atoms with Crippen LogP contribution in [0.5, 0.6) is 0 Å². The standard InChI is InChI=1S/C11H6O2S.C9H4OS3/c12-11-2-1-7-6-10-8(3-4-14-10)5-9(7)13-11;10-7-2-1-5-8-6(3-4-11-8)12-9(5)13-7/h1-6H;1-4H. The molecule has 0 fully saturated rings. The van der Waals surface area contributed by atoms with Crippen LogP contribution in [0.3, 0.4) is 0 Å². The molecule has 0 aliphatic carbocycles. The van der Waals surface area contributed by atoms with E-state index in [0.717, 1.165) is 14.8 Å². The molecule has 0 aliphatic rings. The zero-order valence-electron chi connectivity index (χ0n) is 13.6. The second-order valence-corrected chi connectivity index (χ2v) is 9.96. The Labute approximate surface area is 168 Å². The van der Waals surface area contributed by atoms with E-state index < -0.39 is 0 Å². The predicted molar refractivity (Wildman–Crippen MR) is 119 cm³/mol. The van der Waals surface area contributed by atoms with Crippen LogP contribution in [0.2, 0.25) is 0 Å². The summed E-state index contributed by atoms with van der Waals surface area (Å²) in [5, 5.41) is 7.45. The van der Waals surface area contributed by atoms with E-state index >= 15 is 0 Å². The third kappa shape index (κ3) is 3.12. The average molecular weight is 427 g/mol. The molecule has 0 amide bonds. The zero-order valence-corrected chi connectivity index (χ0v) is 16.9. The predicted octanol–water partition coefficient (Wildman–Crippen LogP) is 6.55. The van der Waals surface area contributed by atoms with E-state index in [9.17, 15) is 9.59 Å². The van der Waals surface area contributed by atoms with Gasteiger partial charge in [0.2, 0.25) is 4.74 Å². The Morgan fingerprint density at radius 1 is 0.741 bits per heavy atom. The first-order valence-electron chi connectivity index (χ1n) is 7.98. The van der Waals surface area contributed by atoms with Crippen LogP contribution >= 0.6 is 45.3 Å². The highest BCUT2D eigenvalue weighted by atomic mass is 32.2. The Morgan fingerprint density at radius 2 is 1.63 bits per heavy atom. The van der Waals surface area contributed by atoms with Gasteiger partial charge in [-0.05, 0) is 58.6 Å². The lowest BCUT2D eigenvalue weighted by atomic mass is 10.2. The number of thiophene rings is 3. The molecule has 27 heavy (non-hydrogen) atoms. The van der Waals surface area contributed by atoms with Crippen molar-refractivity contribution in [1.29, 1.82) is 0 Å². The summed E-state index contributed by atoms with van der Waals surface area (Å²) in [5.74, 6) is 0. The molecule has 7 heteroatoms. The summed E-state index contributed by atoms with van der Waals surface area (Å²) >= 11 is 6.48. The van der Waals surface area contributed by atoms with Crippen LogP contribution in [0.4, 0.5) is 0 Å². The van der Waals surface area contributed by atoms with E-state index in [1.807, 2.05) is 29.6 Å². The lowest BCUT2D eigenvalue weighted by Gasteiger charge is -1.95. The molecule has 6 aromatic rings. The molecular formula is C20H10O3S4. The molecule has 5 heterocycles. The molecule has 5 aromatic heterocycles. The van der Waals surface area contributed by atoms with Crippen molar-refractivity contribution < 1.29 is 4.42 Å². The number of hydrogen-bond donors (Lipinski definition) is 0. The van der Waals surface area contributed by atoms with Gasteiger partial charge in [-0.15, -0.1) is 34.0 Å². The van der Waals surface area contributed by atoms with Crippen LogP contribution in [-0.2, 0) is 0 Å². The van der Waals surface area contributed by atoms with Crippen molar-refractivity contribution in [2.24, 2.45) is 0 Å². The summed E-state index contributed by atoms with van der Waals surface area (Å²) in [5.41, 5.74) is 0.357.